The van der Waals surface area contributed by atoms with E-state index in [-0.39, 0.29) is 23.4 Å². The molecule has 0 aliphatic heterocycles. The number of hydrogen-bond acceptors (Lipinski definition) is 6. The topological polar surface area (TPSA) is 108 Å². The second-order valence-corrected chi connectivity index (χ2v) is 6.52. The van der Waals surface area contributed by atoms with Crippen molar-refractivity contribution in [1.29, 1.82) is 0 Å². The third-order valence-corrected chi connectivity index (χ3v) is 4.52. The molecule has 1 fully saturated rings. The van der Waals surface area contributed by atoms with Crippen LogP contribution in [0.5, 0.6) is 5.75 Å². The maximum absolute atomic E-state index is 12.2. The fourth-order valence-corrected chi connectivity index (χ4v) is 2.98. The number of nitrogens with zero attached hydrogens (tertiary/aromatic N) is 1. The van der Waals surface area contributed by atoms with Gasteiger partial charge in [-0.25, -0.2) is 4.79 Å². The maximum atomic E-state index is 12.2. The van der Waals surface area contributed by atoms with E-state index >= 15 is 0 Å². The molecule has 0 unspecified atom stereocenters. The van der Waals surface area contributed by atoms with Gasteiger partial charge in [-0.15, -0.1) is 0 Å². The van der Waals surface area contributed by atoms with Gasteiger partial charge in [0.05, 0.1) is 4.92 Å². The van der Waals surface area contributed by atoms with Crippen LogP contribution in [0.4, 0.5) is 5.69 Å². The third kappa shape index (κ3) is 5.44. The van der Waals surface area contributed by atoms with Crippen LogP contribution in [0.2, 0.25) is 0 Å². The standard InChI is InChI=1S/C18H24N2O6/c1-12-7-3-4-8-14(12)19-18(22)13(2)26-17(21)11-25-16-10-6-5-9-15(16)20(23)24/h5-6,9-10,12-14H,3-4,7-8,11H2,1-2H3,(H,19,22)/t12-,13+,14+/m0/s1. The number of hydrogen-bond donors (Lipinski definition) is 1. The number of para-hydroxylation sites is 2. The van der Waals surface area contributed by atoms with Crippen molar-refractivity contribution in [2.24, 2.45) is 5.92 Å². The van der Waals surface area contributed by atoms with E-state index in [1.165, 1.54) is 31.5 Å². The Morgan fingerprint density at radius 3 is 2.69 bits per heavy atom. The molecule has 26 heavy (non-hydrogen) atoms. The summed E-state index contributed by atoms with van der Waals surface area (Å²) in [5.74, 6) is -0.731. The molecular formula is C18H24N2O6. The van der Waals surface area contributed by atoms with Crippen LogP contribution >= 0.6 is 0 Å². The van der Waals surface area contributed by atoms with Gasteiger partial charge in [0.2, 0.25) is 0 Å². The number of carbonyl (C=O) groups excluding carboxylic acids is 2. The Kier molecular flexibility index (Phi) is 6.94. The minimum atomic E-state index is -0.953. The summed E-state index contributed by atoms with van der Waals surface area (Å²) in [7, 11) is 0. The van der Waals surface area contributed by atoms with E-state index in [2.05, 4.69) is 12.2 Å². The van der Waals surface area contributed by atoms with Crippen LogP contribution in [0.15, 0.2) is 24.3 Å². The molecule has 1 aromatic rings. The number of nitro benzene ring substituents is 1. The normalized spacial score (nSPS) is 20.7. The Hall–Kier alpha value is -2.64. The van der Waals surface area contributed by atoms with Crippen LogP contribution in [0.3, 0.4) is 0 Å². The molecule has 0 aromatic heterocycles. The van der Waals surface area contributed by atoms with E-state index in [0.29, 0.717) is 5.92 Å². The van der Waals surface area contributed by atoms with Gasteiger partial charge in [0.25, 0.3) is 5.91 Å². The molecule has 0 radical (unpaired) electrons. The summed E-state index contributed by atoms with van der Waals surface area (Å²) in [6.45, 7) is 3.08. The van der Waals surface area contributed by atoms with E-state index < -0.39 is 23.6 Å². The van der Waals surface area contributed by atoms with E-state index in [9.17, 15) is 19.7 Å². The number of nitro groups is 1. The van der Waals surface area contributed by atoms with Crippen molar-refractivity contribution < 1.29 is 24.0 Å². The summed E-state index contributed by atoms with van der Waals surface area (Å²) in [6, 6.07) is 5.84. The van der Waals surface area contributed by atoms with Crippen molar-refractivity contribution in [3.63, 3.8) is 0 Å². The lowest BCUT2D eigenvalue weighted by atomic mass is 9.86. The molecule has 2 rings (SSSR count). The molecular weight excluding hydrogens is 340 g/mol. The average molecular weight is 364 g/mol. The van der Waals surface area contributed by atoms with Gasteiger partial charge in [-0.05, 0) is 31.7 Å². The van der Waals surface area contributed by atoms with Crippen LogP contribution in [0.25, 0.3) is 0 Å². The number of benzene rings is 1. The highest BCUT2D eigenvalue weighted by Gasteiger charge is 2.26. The second kappa shape index (κ2) is 9.17. The third-order valence-electron chi connectivity index (χ3n) is 4.52. The van der Waals surface area contributed by atoms with Crippen molar-refractivity contribution in [1.82, 2.24) is 5.32 Å². The Morgan fingerprint density at radius 2 is 2.00 bits per heavy atom. The molecule has 142 valence electrons. The van der Waals surface area contributed by atoms with Crippen LogP contribution in [0.1, 0.15) is 39.5 Å². The number of rotatable bonds is 7. The minimum absolute atomic E-state index is 0.0254. The van der Waals surface area contributed by atoms with Crippen molar-refractivity contribution in [3.8, 4) is 5.75 Å². The highest BCUT2D eigenvalue weighted by Crippen LogP contribution is 2.26. The molecule has 1 saturated carbocycles. The number of carbonyl (C=O) groups is 2. The van der Waals surface area contributed by atoms with Gasteiger partial charge in [-0.3, -0.25) is 14.9 Å². The van der Waals surface area contributed by atoms with Gasteiger partial charge in [0.1, 0.15) is 0 Å². The van der Waals surface area contributed by atoms with Crippen LogP contribution in [-0.4, -0.2) is 35.6 Å². The van der Waals surface area contributed by atoms with Crippen LogP contribution in [-0.2, 0) is 14.3 Å². The van der Waals surface area contributed by atoms with Crippen molar-refractivity contribution >= 4 is 17.6 Å². The molecule has 1 amide bonds. The summed E-state index contributed by atoms with van der Waals surface area (Å²) < 4.78 is 10.2. The van der Waals surface area contributed by atoms with Gasteiger partial charge in [-0.1, -0.05) is 31.9 Å². The van der Waals surface area contributed by atoms with Gasteiger partial charge < -0.3 is 14.8 Å². The minimum Gasteiger partial charge on any atom is -0.475 e. The monoisotopic (exact) mass is 364 g/mol. The quantitative estimate of drug-likeness (QED) is 0.453. The molecule has 8 heteroatoms. The molecule has 1 aliphatic rings. The van der Waals surface area contributed by atoms with Gasteiger partial charge in [0.15, 0.2) is 18.5 Å². The highest BCUT2D eigenvalue weighted by molar-refractivity contribution is 5.84. The van der Waals surface area contributed by atoms with Crippen LogP contribution < -0.4 is 10.1 Å². The van der Waals surface area contributed by atoms with Gasteiger partial charge >= 0.3 is 11.7 Å². The zero-order valence-electron chi connectivity index (χ0n) is 15.0. The van der Waals surface area contributed by atoms with E-state index in [1.807, 2.05) is 0 Å². The molecule has 0 saturated heterocycles. The molecule has 1 aliphatic carbocycles. The fourth-order valence-electron chi connectivity index (χ4n) is 2.98. The first-order valence-electron chi connectivity index (χ1n) is 8.74. The first kappa shape index (κ1) is 19.7. The van der Waals surface area contributed by atoms with Crippen LogP contribution in [0, 0.1) is 16.0 Å². The summed E-state index contributed by atoms with van der Waals surface area (Å²) in [5, 5.41) is 13.8. The predicted molar refractivity (Wildman–Crippen MR) is 93.7 cm³/mol. The Bertz CT molecular complexity index is 663. The molecule has 0 bridgehead atoms. The van der Waals surface area contributed by atoms with Crippen molar-refractivity contribution in [2.75, 3.05) is 6.61 Å². The smallest absolute Gasteiger partial charge is 0.344 e. The van der Waals surface area contributed by atoms with E-state index in [1.54, 1.807) is 6.07 Å². The molecule has 1 aromatic carbocycles. The fraction of sp³-hybridized carbons (Fsp3) is 0.556. The first-order chi connectivity index (χ1) is 12.4. The largest absolute Gasteiger partial charge is 0.475 e. The lowest BCUT2D eigenvalue weighted by Crippen LogP contribution is -2.46. The first-order valence-corrected chi connectivity index (χ1v) is 8.74. The van der Waals surface area contributed by atoms with Crippen molar-refractivity contribution in [3.05, 3.63) is 34.4 Å². The molecule has 8 nitrogen and oxygen atoms in total. The highest BCUT2D eigenvalue weighted by atomic mass is 16.6. The van der Waals surface area contributed by atoms with Crippen molar-refractivity contribution in [2.45, 2.75) is 51.7 Å². The number of nitrogens with one attached hydrogen (secondary N) is 1. The maximum Gasteiger partial charge on any atom is 0.344 e. The van der Waals surface area contributed by atoms with E-state index in [4.69, 9.17) is 9.47 Å². The lowest BCUT2D eigenvalue weighted by Gasteiger charge is -2.30. The predicted octanol–water partition coefficient (Wildman–Crippen LogP) is 2.60. The molecule has 3 atom stereocenters. The molecule has 1 N–H and O–H groups in total. The van der Waals surface area contributed by atoms with Gasteiger partial charge in [-0.2, -0.15) is 0 Å². The number of amides is 1. The molecule has 0 heterocycles. The van der Waals surface area contributed by atoms with E-state index in [0.717, 1.165) is 19.3 Å². The molecule has 0 spiro atoms. The van der Waals surface area contributed by atoms with Gasteiger partial charge in [0, 0.05) is 12.1 Å². The Labute approximate surface area is 152 Å². The average Bonchev–Trinajstić information content (AvgIpc) is 2.62. The summed E-state index contributed by atoms with van der Waals surface area (Å²) in [5.41, 5.74) is -0.239. The zero-order valence-corrected chi connectivity index (χ0v) is 15.0. The summed E-state index contributed by atoms with van der Waals surface area (Å²) >= 11 is 0. The zero-order chi connectivity index (χ0) is 19.1. The number of ether oxygens (including phenoxy) is 2. The number of esters is 1. The Balaban J connectivity index is 1.81. The second-order valence-electron chi connectivity index (χ2n) is 6.52. The SMILES string of the molecule is C[C@@H](OC(=O)COc1ccccc1[N+](=O)[O-])C(=O)N[C@@H]1CCCC[C@@H]1C. The Morgan fingerprint density at radius 1 is 1.31 bits per heavy atom. The lowest BCUT2D eigenvalue weighted by molar-refractivity contribution is -0.385. The summed E-state index contributed by atoms with van der Waals surface area (Å²) in [6.07, 6.45) is 3.29. The summed E-state index contributed by atoms with van der Waals surface area (Å²) in [4.78, 5) is 34.4.